The molecule has 0 aromatic rings. The summed E-state index contributed by atoms with van der Waals surface area (Å²) < 4.78 is 36.0. The molecular formula is C47H78O18. The third kappa shape index (κ3) is 8.85. The van der Waals surface area contributed by atoms with Crippen molar-refractivity contribution in [2.45, 2.75) is 203 Å². The van der Waals surface area contributed by atoms with Gasteiger partial charge < -0.3 is 89.4 Å². The highest BCUT2D eigenvalue weighted by Gasteiger charge is 2.71. The minimum atomic E-state index is -1.76. The fourth-order valence-corrected chi connectivity index (χ4v) is 14.3. The molecule has 3 heterocycles. The van der Waals surface area contributed by atoms with Gasteiger partial charge in [-0.25, -0.2) is 0 Å². The Morgan fingerprint density at radius 2 is 1.31 bits per heavy atom. The van der Waals surface area contributed by atoms with E-state index in [0.29, 0.717) is 38.5 Å². The van der Waals surface area contributed by atoms with Crippen LogP contribution in [0.25, 0.3) is 0 Å². The smallest absolute Gasteiger partial charge is 0.187 e. The van der Waals surface area contributed by atoms with Gasteiger partial charge in [-0.1, -0.05) is 39.3 Å². The summed E-state index contributed by atoms with van der Waals surface area (Å²) in [5, 5.41) is 117. The van der Waals surface area contributed by atoms with Crippen molar-refractivity contribution in [1.82, 2.24) is 0 Å². The van der Waals surface area contributed by atoms with Crippen molar-refractivity contribution in [1.29, 1.82) is 0 Å². The Hall–Kier alpha value is -1.27. The number of hydrogen-bond donors (Lipinski definition) is 11. The van der Waals surface area contributed by atoms with Crippen LogP contribution < -0.4 is 0 Å². The molecule has 1 unspecified atom stereocenters. The quantitative estimate of drug-likeness (QED) is 0.0611. The second-order valence-electron chi connectivity index (χ2n) is 22.0. The lowest BCUT2D eigenvalue weighted by Crippen LogP contribution is -2.67. The van der Waals surface area contributed by atoms with Gasteiger partial charge in [-0.2, -0.15) is 0 Å². The van der Waals surface area contributed by atoms with Gasteiger partial charge in [0.1, 0.15) is 73.4 Å². The average Bonchev–Trinajstić information content (AvgIpc) is 3.64. The summed E-state index contributed by atoms with van der Waals surface area (Å²) in [5.74, 6) is -0.231. The van der Waals surface area contributed by atoms with E-state index < -0.39 is 122 Å². The van der Waals surface area contributed by atoms with Crippen molar-refractivity contribution in [3.8, 4) is 0 Å². The predicted molar refractivity (Wildman–Crippen MR) is 228 cm³/mol. The molecule has 0 aromatic heterocycles. The van der Waals surface area contributed by atoms with E-state index in [9.17, 15) is 61.0 Å². The van der Waals surface area contributed by atoms with Crippen LogP contribution in [-0.4, -0.2) is 187 Å². The van der Waals surface area contributed by atoms with Crippen LogP contribution in [0.3, 0.4) is 0 Å². The molecule has 18 heteroatoms. The van der Waals surface area contributed by atoms with Crippen molar-refractivity contribution in [2.75, 3.05) is 26.4 Å². The van der Waals surface area contributed by atoms with Crippen molar-refractivity contribution in [3.63, 3.8) is 0 Å². The number of carbonyl (C=O) groups is 1. The zero-order valence-corrected chi connectivity index (χ0v) is 38.8. The van der Waals surface area contributed by atoms with Gasteiger partial charge in [0.25, 0.3) is 0 Å². The van der Waals surface area contributed by atoms with Crippen molar-refractivity contribution in [3.05, 3.63) is 11.6 Å². The van der Waals surface area contributed by atoms with E-state index in [4.69, 9.17) is 28.4 Å². The van der Waals surface area contributed by atoms with Crippen LogP contribution in [0.1, 0.15) is 106 Å². The van der Waals surface area contributed by atoms with Gasteiger partial charge in [0.05, 0.1) is 38.1 Å². The highest BCUT2D eigenvalue weighted by Crippen LogP contribution is 2.75. The summed E-state index contributed by atoms with van der Waals surface area (Å²) in [6.45, 7) is 11.1. The maximum Gasteiger partial charge on any atom is 0.187 e. The number of ether oxygens (including phenoxy) is 6. The normalized spacial score (nSPS) is 50.6. The summed E-state index contributed by atoms with van der Waals surface area (Å²) in [6, 6.07) is 0. The average molecular weight is 931 g/mol. The topological polar surface area (TPSA) is 295 Å². The van der Waals surface area contributed by atoms with Gasteiger partial charge in [0.15, 0.2) is 18.9 Å². The molecule has 23 atom stereocenters. The largest absolute Gasteiger partial charge is 0.394 e. The van der Waals surface area contributed by atoms with Crippen LogP contribution in [0, 0.1) is 45.3 Å². The van der Waals surface area contributed by atoms with Gasteiger partial charge in [-0.15, -0.1) is 0 Å². The highest BCUT2D eigenvalue weighted by atomic mass is 16.8. The van der Waals surface area contributed by atoms with Crippen LogP contribution in [0.2, 0.25) is 0 Å². The maximum absolute atomic E-state index is 13.9. The van der Waals surface area contributed by atoms with E-state index in [2.05, 4.69) is 33.8 Å². The lowest BCUT2D eigenvalue weighted by Gasteiger charge is -2.69. The minimum absolute atomic E-state index is 0.0146. The molecule has 7 aliphatic rings. The molecule has 7 fully saturated rings. The highest BCUT2D eigenvalue weighted by molar-refractivity contribution is 5.62. The molecule has 4 saturated carbocycles. The molecule has 0 aromatic carbocycles. The van der Waals surface area contributed by atoms with Gasteiger partial charge in [0, 0.05) is 5.41 Å². The molecule has 4 aliphatic carbocycles. The first-order chi connectivity index (χ1) is 30.5. The van der Waals surface area contributed by atoms with Crippen molar-refractivity contribution in [2.24, 2.45) is 45.3 Å². The van der Waals surface area contributed by atoms with E-state index >= 15 is 0 Å². The van der Waals surface area contributed by atoms with Crippen molar-refractivity contribution >= 4 is 6.29 Å². The predicted octanol–water partition coefficient (Wildman–Crippen LogP) is -0.207. The third-order valence-corrected chi connectivity index (χ3v) is 18.2. The van der Waals surface area contributed by atoms with Gasteiger partial charge >= 0.3 is 0 Å². The Balaban J connectivity index is 1.10. The van der Waals surface area contributed by atoms with E-state index in [-0.39, 0.29) is 47.7 Å². The number of carbonyl (C=O) groups excluding carboxylic acids is 1. The van der Waals surface area contributed by atoms with E-state index in [1.54, 1.807) is 0 Å². The number of aliphatic hydroxyl groups is 11. The fraction of sp³-hybridized carbons (Fsp3) is 0.936. The molecule has 374 valence electrons. The Bertz CT molecular complexity index is 1660. The Labute approximate surface area is 381 Å². The summed E-state index contributed by atoms with van der Waals surface area (Å²) in [4.78, 5) is 13.9. The van der Waals surface area contributed by atoms with Crippen LogP contribution in [0.5, 0.6) is 0 Å². The molecule has 3 aliphatic heterocycles. The van der Waals surface area contributed by atoms with Crippen LogP contribution in [0.4, 0.5) is 0 Å². The Kier molecular flexibility index (Phi) is 15.5. The minimum Gasteiger partial charge on any atom is -0.394 e. The summed E-state index contributed by atoms with van der Waals surface area (Å²) in [7, 11) is 0. The van der Waals surface area contributed by atoms with Gasteiger partial charge in [0.2, 0.25) is 0 Å². The Morgan fingerprint density at radius 1 is 0.692 bits per heavy atom. The standard InChI is InChI=1S/C47H78O18/c1-23(2)8-7-14-47(59,22-61-40-37(57)35(55)33(53)27(18-48)62-40)25-11-15-44(5)24(25)9-10-30-45(44,6)16-12-29-43(3,4)31(13-17-46(29,30)21-50)64-42-39(32(52)26(51)20-60-42)65-41-38(58)36(56)34(54)28(19-49)63-41/h8,21,24-42,48-49,51-59H,7,9-20,22H2,1-6H3/t24?,25-,26-,27+,28+,29-,30-,31-,32-,33+,34+,35-,36-,37+,38+,39+,40+,41-,42-,44+,45+,46+,47+/m0/s1. The molecule has 65 heavy (non-hydrogen) atoms. The van der Waals surface area contributed by atoms with Crippen LogP contribution in [-0.2, 0) is 33.2 Å². The van der Waals surface area contributed by atoms with Crippen LogP contribution in [0.15, 0.2) is 11.6 Å². The summed E-state index contributed by atoms with van der Waals surface area (Å²) in [6.07, 6.45) is -11.6. The summed E-state index contributed by atoms with van der Waals surface area (Å²) >= 11 is 0. The molecule has 0 bridgehead atoms. The molecule has 18 nitrogen and oxygen atoms in total. The number of allylic oxidation sites excluding steroid dienone is 2. The van der Waals surface area contributed by atoms with Crippen molar-refractivity contribution < 1.29 is 89.4 Å². The molecule has 0 spiro atoms. The number of hydrogen-bond acceptors (Lipinski definition) is 18. The zero-order valence-electron chi connectivity index (χ0n) is 38.8. The van der Waals surface area contributed by atoms with Gasteiger partial charge in [-0.3, -0.25) is 0 Å². The third-order valence-electron chi connectivity index (χ3n) is 18.2. The number of aliphatic hydroxyl groups excluding tert-OH is 10. The Morgan fingerprint density at radius 3 is 1.92 bits per heavy atom. The second kappa shape index (κ2) is 19.5. The lowest BCUT2D eigenvalue weighted by molar-refractivity contribution is -0.367. The van der Waals surface area contributed by atoms with E-state index in [1.165, 1.54) is 6.29 Å². The molecular weight excluding hydrogens is 852 g/mol. The molecule has 11 N–H and O–H groups in total. The second-order valence-corrected chi connectivity index (χ2v) is 22.0. The van der Waals surface area contributed by atoms with Gasteiger partial charge in [-0.05, 0) is 118 Å². The molecule has 3 saturated heterocycles. The van der Waals surface area contributed by atoms with Crippen LogP contribution >= 0.6 is 0 Å². The molecule has 0 radical (unpaired) electrons. The van der Waals surface area contributed by atoms with E-state index in [0.717, 1.165) is 31.3 Å². The lowest BCUT2D eigenvalue weighted by atomic mass is 9.35. The van der Waals surface area contributed by atoms with E-state index in [1.807, 2.05) is 13.8 Å². The summed E-state index contributed by atoms with van der Waals surface area (Å²) in [5.41, 5.74) is -2.13. The maximum atomic E-state index is 13.9. The number of aldehydes is 1. The number of rotatable bonds is 14. The zero-order chi connectivity index (χ0) is 47.6. The monoisotopic (exact) mass is 931 g/mol. The first kappa shape index (κ1) is 51.6. The molecule has 0 amide bonds. The fourth-order valence-electron chi connectivity index (χ4n) is 14.3. The molecule has 7 rings (SSSR count). The first-order valence-electron chi connectivity index (χ1n) is 23.9. The first-order valence-corrected chi connectivity index (χ1v) is 23.9. The number of fused-ring (bicyclic) bond motifs is 5. The SMILES string of the molecule is CC(C)=CCC[C@@](O)(CO[C@@H]1O[C@H](CO)[C@@H](O)[C@H](O)[C@H]1O)[C@H]1CC[C@]2(C)C1CC[C@@H]1[C@@]3(C=O)CC[C@H](O[C@@H]4OC[C@H](O)[C@H](O)[C@H]4O[C@@H]4O[C@H](CO)[C@@H](O)[C@H](O)[C@H]4O)C(C)(C)[C@@H]3CC[C@]12C.